The number of halogens is 3. The van der Waals surface area contributed by atoms with Gasteiger partial charge in [0.2, 0.25) is 0 Å². The van der Waals surface area contributed by atoms with Crippen LogP contribution in [-0.4, -0.2) is 0 Å². The standard InChI is InChI=1S/C14H12Br2FNO/c15-12-4-3-11(17)6-14(12)19-8-10-2-1-9(7-18)5-13(10)16/h1-6H,7-8,18H2. The maximum Gasteiger partial charge on any atom is 0.136 e. The van der Waals surface area contributed by atoms with Crippen molar-refractivity contribution in [2.75, 3.05) is 0 Å². The van der Waals surface area contributed by atoms with E-state index in [-0.39, 0.29) is 5.82 Å². The number of hydrogen-bond acceptors (Lipinski definition) is 2. The quantitative estimate of drug-likeness (QED) is 0.842. The molecule has 2 nitrogen and oxygen atoms in total. The Morgan fingerprint density at radius 3 is 2.53 bits per heavy atom. The summed E-state index contributed by atoms with van der Waals surface area (Å²) < 4.78 is 20.4. The molecule has 2 rings (SSSR count). The second-order valence-corrected chi connectivity index (χ2v) is 5.70. The lowest BCUT2D eigenvalue weighted by Crippen LogP contribution is -2.00. The molecule has 0 bridgehead atoms. The van der Waals surface area contributed by atoms with E-state index < -0.39 is 0 Å². The number of benzene rings is 2. The Labute approximate surface area is 128 Å². The molecule has 0 aliphatic rings. The topological polar surface area (TPSA) is 35.2 Å². The third kappa shape index (κ3) is 3.78. The molecule has 0 spiro atoms. The van der Waals surface area contributed by atoms with Gasteiger partial charge in [-0.25, -0.2) is 4.39 Å². The molecule has 0 fully saturated rings. The van der Waals surface area contributed by atoms with Crippen LogP contribution >= 0.6 is 31.9 Å². The molecule has 0 aromatic heterocycles. The first-order valence-electron chi connectivity index (χ1n) is 5.65. The molecule has 2 aromatic carbocycles. The first kappa shape index (κ1) is 14.5. The van der Waals surface area contributed by atoms with Gasteiger partial charge in [-0.1, -0.05) is 28.1 Å². The smallest absolute Gasteiger partial charge is 0.136 e. The molecular formula is C14H12Br2FNO. The lowest BCUT2D eigenvalue weighted by atomic mass is 10.1. The van der Waals surface area contributed by atoms with E-state index in [1.165, 1.54) is 12.1 Å². The van der Waals surface area contributed by atoms with E-state index in [1.807, 2.05) is 18.2 Å². The first-order chi connectivity index (χ1) is 9.10. The van der Waals surface area contributed by atoms with Crippen LogP contribution in [0.3, 0.4) is 0 Å². The highest BCUT2D eigenvalue weighted by atomic mass is 79.9. The largest absolute Gasteiger partial charge is 0.488 e. The Morgan fingerprint density at radius 1 is 1.05 bits per heavy atom. The Bertz CT molecular complexity index is 590. The van der Waals surface area contributed by atoms with Gasteiger partial charge in [0.25, 0.3) is 0 Å². The fourth-order valence-electron chi connectivity index (χ4n) is 1.58. The second-order valence-electron chi connectivity index (χ2n) is 3.99. The van der Waals surface area contributed by atoms with E-state index in [9.17, 15) is 4.39 Å². The summed E-state index contributed by atoms with van der Waals surface area (Å²) in [5.74, 6) is 0.158. The van der Waals surface area contributed by atoms with Crippen LogP contribution in [0.25, 0.3) is 0 Å². The van der Waals surface area contributed by atoms with Crippen molar-refractivity contribution in [1.29, 1.82) is 0 Å². The third-order valence-corrected chi connectivity index (χ3v) is 4.02. The van der Waals surface area contributed by atoms with Gasteiger partial charge in [-0.2, -0.15) is 0 Å². The van der Waals surface area contributed by atoms with Crippen LogP contribution in [0.5, 0.6) is 5.75 Å². The normalized spacial score (nSPS) is 10.5. The van der Waals surface area contributed by atoms with Crippen LogP contribution in [0.4, 0.5) is 4.39 Å². The molecule has 0 heterocycles. The minimum Gasteiger partial charge on any atom is -0.488 e. The van der Waals surface area contributed by atoms with Gasteiger partial charge in [0.05, 0.1) is 4.47 Å². The SMILES string of the molecule is NCc1ccc(COc2cc(F)ccc2Br)c(Br)c1. The average molecular weight is 389 g/mol. The van der Waals surface area contributed by atoms with Gasteiger partial charge >= 0.3 is 0 Å². The zero-order chi connectivity index (χ0) is 13.8. The summed E-state index contributed by atoms with van der Waals surface area (Å²) in [6.07, 6.45) is 0. The summed E-state index contributed by atoms with van der Waals surface area (Å²) in [5, 5.41) is 0. The molecular weight excluding hydrogens is 377 g/mol. The number of ether oxygens (including phenoxy) is 1. The highest BCUT2D eigenvalue weighted by molar-refractivity contribution is 9.10. The number of nitrogens with two attached hydrogens (primary N) is 1. The minimum absolute atomic E-state index is 0.323. The molecule has 0 atom stereocenters. The van der Waals surface area contributed by atoms with Crippen molar-refractivity contribution in [3.05, 3.63) is 62.3 Å². The van der Waals surface area contributed by atoms with Crippen molar-refractivity contribution in [2.45, 2.75) is 13.2 Å². The molecule has 0 aliphatic heterocycles. The van der Waals surface area contributed by atoms with E-state index >= 15 is 0 Å². The molecule has 0 unspecified atom stereocenters. The predicted molar refractivity (Wildman–Crippen MR) is 80.5 cm³/mol. The Morgan fingerprint density at radius 2 is 1.84 bits per heavy atom. The van der Waals surface area contributed by atoms with Crippen LogP contribution in [0.15, 0.2) is 45.3 Å². The van der Waals surface area contributed by atoms with Gasteiger partial charge in [0.1, 0.15) is 18.2 Å². The van der Waals surface area contributed by atoms with Crippen molar-refractivity contribution >= 4 is 31.9 Å². The fraction of sp³-hybridized carbons (Fsp3) is 0.143. The van der Waals surface area contributed by atoms with Crippen molar-refractivity contribution in [3.63, 3.8) is 0 Å². The van der Waals surface area contributed by atoms with Gasteiger partial charge in [0, 0.05) is 22.6 Å². The second kappa shape index (κ2) is 6.50. The van der Waals surface area contributed by atoms with Gasteiger partial charge in [-0.15, -0.1) is 0 Å². The van der Waals surface area contributed by atoms with Crippen LogP contribution in [0, 0.1) is 5.82 Å². The van der Waals surface area contributed by atoms with E-state index in [4.69, 9.17) is 10.5 Å². The summed E-state index contributed by atoms with van der Waals surface area (Å²) in [5.41, 5.74) is 7.59. The maximum absolute atomic E-state index is 13.1. The molecule has 5 heteroatoms. The van der Waals surface area contributed by atoms with Crippen LogP contribution in [-0.2, 0) is 13.2 Å². The molecule has 2 aromatic rings. The van der Waals surface area contributed by atoms with E-state index in [0.29, 0.717) is 18.9 Å². The average Bonchev–Trinajstić information content (AvgIpc) is 2.40. The fourth-order valence-corrected chi connectivity index (χ4v) is 2.48. The monoisotopic (exact) mass is 387 g/mol. The number of hydrogen-bond donors (Lipinski definition) is 1. The van der Waals surface area contributed by atoms with Crippen LogP contribution in [0.2, 0.25) is 0 Å². The highest BCUT2D eigenvalue weighted by Crippen LogP contribution is 2.27. The molecule has 19 heavy (non-hydrogen) atoms. The Hall–Kier alpha value is -0.910. The number of rotatable bonds is 4. The first-order valence-corrected chi connectivity index (χ1v) is 7.24. The molecule has 0 aliphatic carbocycles. The van der Waals surface area contributed by atoms with Crippen molar-refractivity contribution < 1.29 is 9.13 Å². The van der Waals surface area contributed by atoms with Gasteiger partial charge in [0.15, 0.2) is 0 Å². The lowest BCUT2D eigenvalue weighted by Gasteiger charge is -2.10. The Balaban J connectivity index is 2.12. The molecule has 0 saturated carbocycles. The minimum atomic E-state index is -0.323. The van der Waals surface area contributed by atoms with Gasteiger partial charge in [-0.05, 0) is 39.7 Å². The third-order valence-electron chi connectivity index (χ3n) is 2.63. The lowest BCUT2D eigenvalue weighted by molar-refractivity contribution is 0.302. The van der Waals surface area contributed by atoms with Crippen LogP contribution in [0.1, 0.15) is 11.1 Å². The molecule has 100 valence electrons. The summed E-state index contributed by atoms with van der Waals surface area (Å²) in [4.78, 5) is 0. The summed E-state index contributed by atoms with van der Waals surface area (Å²) in [6, 6.07) is 10.2. The molecule has 0 saturated heterocycles. The van der Waals surface area contributed by atoms with Gasteiger partial charge < -0.3 is 10.5 Å². The summed E-state index contributed by atoms with van der Waals surface area (Å²) >= 11 is 6.80. The molecule has 0 radical (unpaired) electrons. The van der Waals surface area contributed by atoms with E-state index in [2.05, 4.69) is 31.9 Å². The van der Waals surface area contributed by atoms with E-state index in [1.54, 1.807) is 6.07 Å². The van der Waals surface area contributed by atoms with Crippen molar-refractivity contribution in [2.24, 2.45) is 5.73 Å². The summed E-state index contributed by atoms with van der Waals surface area (Å²) in [7, 11) is 0. The summed E-state index contributed by atoms with van der Waals surface area (Å²) in [6.45, 7) is 0.850. The highest BCUT2D eigenvalue weighted by Gasteiger charge is 2.06. The Kier molecular flexibility index (Phi) is 4.96. The van der Waals surface area contributed by atoms with Gasteiger partial charge in [-0.3, -0.25) is 0 Å². The molecule has 2 N–H and O–H groups in total. The van der Waals surface area contributed by atoms with Crippen molar-refractivity contribution in [3.8, 4) is 5.75 Å². The zero-order valence-corrected chi connectivity index (χ0v) is 13.2. The van der Waals surface area contributed by atoms with E-state index in [0.717, 1.165) is 20.1 Å². The predicted octanol–water partition coefficient (Wildman–Crippen LogP) is 4.39. The van der Waals surface area contributed by atoms with Crippen LogP contribution < -0.4 is 10.5 Å². The maximum atomic E-state index is 13.1. The van der Waals surface area contributed by atoms with Crippen molar-refractivity contribution in [1.82, 2.24) is 0 Å². The zero-order valence-electron chi connectivity index (χ0n) is 10.00. The molecule has 0 amide bonds.